The third-order valence-corrected chi connectivity index (χ3v) is 6.25. The molecule has 1 unspecified atom stereocenters. The van der Waals surface area contributed by atoms with Gasteiger partial charge in [0, 0.05) is 17.5 Å². The zero-order chi connectivity index (χ0) is 19.6. The van der Waals surface area contributed by atoms with Crippen LogP contribution in [0.15, 0.2) is 30.5 Å². The van der Waals surface area contributed by atoms with Gasteiger partial charge in [-0.2, -0.15) is 0 Å². The number of hydrogen-bond acceptors (Lipinski definition) is 2. The van der Waals surface area contributed by atoms with Gasteiger partial charge >= 0.3 is 0 Å². The summed E-state index contributed by atoms with van der Waals surface area (Å²) < 4.78 is 0. The van der Waals surface area contributed by atoms with E-state index in [0.29, 0.717) is 0 Å². The Bertz CT molecular complexity index is 705. The van der Waals surface area contributed by atoms with Gasteiger partial charge in [-0.3, -0.25) is 0 Å². The molecular weight excluding hydrogens is 340 g/mol. The van der Waals surface area contributed by atoms with Gasteiger partial charge in [-0.1, -0.05) is 89.5 Å². The Balaban J connectivity index is 1.54. The fourth-order valence-corrected chi connectivity index (χ4v) is 4.40. The van der Waals surface area contributed by atoms with E-state index in [2.05, 4.69) is 44.3 Å². The van der Waals surface area contributed by atoms with Gasteiger partial charge in [0.15, 0.2) is 5.82 Å². The van der Waals surface area contributed by atoms with E-state index in [4.69, 9.17) is 9.97 Å². The molecule has 1 aromatic heterocycles. The Morgan fingerprint density at radius 2 is 1.64 bits per heavy atom. The van der Waals surface area contributed by atoms with E-state index in [1.54, 1.807) is 0 Å². The van der Waals surface area contributed by atoms with Crippen molar-refractivity contribution < 1.29 is 0 Å². The van der Waals surface area contributed by atoms with E-state index in [1.807, 2.05) is 0 Å². The highest BCUT2D eigenvalue weighted by Crippen LogP contribution is 2.29. The molecule has 1 atom stereocenters. The monoisotopic (exact) mass is 378 g/mol. The normalized spacial score (nSPS) is 16.1. The van der Waals surface area contributed by atoms with Crippen molar-refractivity contribution >= 4 is 0 Å². The minimum Gasteiger partial charge on any atom is -0.236 e. The van der Waals surface area contributed by atoms with Crippen molar-refractivity contribution in [2.24, 2.45) is 5.92 Å². The van der Waals surface area contributed by atoms with Gasteiger partial charge < -0.3 is 0 Å². The number of rotatable bonds is 11. The molecule has 0 spiro atoms. The van der Waals surface area contributed by atoms with E-state index in [0.717, 1.165) is 23.7 Å². The van der Waals surface area contributed by atoms with Gasteiger partial charge in [0.25, 0.3) is 0 Å². The molecule has 0 fully saturated rings. The second kappa shape index (κ2) is 11.3. The van der Waals surface area contributed by atoms with E-state index in [1.165, 1.54) is 93.9 Å². The van der Waals surface area contributed by atoms with Crippen molar-refractivity contribution in [2.45, 2.75) is 97.3 Å². The molecular formula is C26H38N2. The lowest BCUT2D eigenvalue weighted by Gasteiger charge is -2.24. The number of unbranched alkanes of at least 4 members (excludes halogenated alkanes) is 6. The molecule has 2 aromatic rings. The first-order valence-corrected chi connectivity index (χ1v) is 11.7. The summed E-state index contributed by atoms with van der Waals surface area (Å²) in [6, 6.07) is 8.90. The summed E-state index contributed by atoms with van der Waals surface area (Å²) in [4.78, 5) is 9.64. The van der Waals surface area contributed by atoms with Gasteiger partial charge in [-0.15, -0.1) is 0 Å². The number of aryl methyl sites for hydroxylation is 2. The second-order valence-electron chi connectivity index (χ2n) is 8.63. The molecule has 152 valence electrons. The summed E-state index contributed by atoms with van der Waals surface area (Å²) >= 11 is 0. The SMILES string of the molecule is CCCCCCCC1CCc2nc(-c3ccc(CCCCC)cc3)ncc2C1. The van der Waals surface area contributed by atoms with Crippen molar-refractivity contribution in [3.63, 3.8) is 0 Å². The van der Waals surface area contributed by atoms with Crippen molar-refractivity contribution in [1.82, 2.24) is 9.97 Å². The molecule has 1 aliphatic rings. The van der Waals surface area contributed by atoms with Crippen LogP contribution in [0.25, 0.3) is 11.4 Å². The Kier molecular flexibility index (Phi) is 8.51. The van der Waals surface area contributed by atoms with Crippen LogP contribution in [0.4, 0.5) is 0 Å². The molecule has 2 nitrogen and oxygen atoms in total. The van der Waals surface area contributed by atoms with Crippen molar-refractivity contribution in [2.75, 3.05) is 0 Å². The topological polar surface area (TPSA) is 25.8 Å². The Morgan fingerprint density at radius 3 is 2.43 bits per heavy atom. The highest BCUT2D eigenvalue weighted by Gasteiger charge is 2.20. The Labute approximate surface area is 172 Å². The quantitative estimate of drug-likeness (QED) is 0.382. The number of fused-ring (bicyclic) bond motifs is 1. The molecule has 0 N–H and O–H groups in total. The van der Waals surface area contributed by atoms with Gasteiger partial charge in [0.2, 0.25) is 0 Å². The van der Waals surface area contributed by atoms with Crippen molar-refractivity contribution in [1.29, 1.82) is 0 Å². The predicted molar refractivity (Wildman–Crippen MR) is 120 cm³/mol. The maximum atomic E-state index is 4.93. The average molecular weight is 379 g/mol. The van der Waals surface area contributed by atoms with Crippen LogP contribution in [0.3, 0.4) is 0 Å². The molecule has 0 amide bonds. The predicted octanol–water partition coefficient (Wildman–Crippen LogP) is 7.34. The average Bonchev–Trinajstić information content (AvgIpc) is 2.74. The highest BCUT2D eigenvalue weighted by molar-refractivity contribution is 5.55. The molecule has 1 heterocycles. The maximum absolute atomic E-state index is 4.93. The van der Waals surface area contributed by atoms with Gasteiger partial charge in [0.05, 0.1) is 0 Å². The molecule has 28 heavy (non-hydrogen) atoms. The molecule has 0 bridgehead atoms. The Hall–Kier alpha value is -1.70. The van der Waals surface area contributed by atoms with Crippen LogP contribution >= 0.6 is 0 Å². The third kappa shape index (κ3) is 6.15. The van der Waals surface area contributed by atoms with Crippen LogP contribution in [0.1, 0.15) is 94.9 Å². The molecule has 1 aromatic carbocycles. The lowest BCUT2D eigenvalue weighted by atomic mass is 9.84. The van der Waals surface area contributed by atoms with Crippen molar-refractivity contribution in [3.05, 3.63) is 47.3 Å². The first kappa shape index (κ1) is 21.0. The summed E-state index contributed by atoms with van der Waals surface area (Å²) in [6.45, 7) is 4.54. The van der Waals surface area contributed by atoms with Crippen molar-refractivity contribution in [3.8, 4) is 11.4 Å². The Morgan fingerprint density at radius 1 is 0.893 bits per heavy atom. The maximum Gasteiger partial charge on any atom is 0.159 e. The number of hydrogen-bond donors (Lipinski definition) is 0. The fourth-order valence-electron chi connectivity index (χ4n) is 4.40. The molecule has 0 saturated carbocycles. The van der Waals surface area contributed by atoms with Gasteiger partial charge in [0.1, 0.15) is 0 Å². The zero-order valence-corrected chi connectivity index (χ0v) is 18.1. The molecule has 0 radical (unpaired) electrons. The molecule has 2 heteroatoms. The van der Waals surface area contributed by atoms with E-state index < -0.39 is 0 Å². The molecule has 0 saturated heterocycles. The standard InChI is InChI=1S/C26H38N2/c1-3-5-7-8-10-12-22-15-18-25-24(19-22)20-27-26(28-25)23-16-13-21(14-17-23)11-9-6-4-2/h13-14,16-17,20,22H,3-12,15,18-19H2,1-2H3. The largest absolute Gasteiger partial charge is 0.236 e. The highest BCUT2D eigenvalue weighted by atomic mass is 14.9. The molecule has 1 aliphatic carbocycles. The van der Waals surface area contributed by atoms with Crippen LogP contribution in [-0.4, -0.2) is 9.97 Å². The minimum absolute atomic E-state index is 0.839. The van der Waals surface area contributed by atoms with Gasteiger partial charge in [-0.25, -0.2) is 9.97 Å². The summed E-state index contributed by atoms with van der Waals surface area (Å²) in [5.41, 5.74) is 5.26. The fraction of sp³-hybridized carbons (Fsp3) is 0.615. The third-order valence-electron chi connectivity index (χ3n) is 6.25. The van der Waals surface area contributed by atoms with Crippen LogP contribution in [-0.2, 0) is 19.3 Å². The molecule has 0 aliphatic heterocycles. The van der Waals surface area contributed by atoms with Crippen LogP contribution < -0.4 is 0 Å². The number of benzene rings is 1. The van der Waals surface area contributed by atoms with Crippen LogP contribution in [0.2, 0.25) is 0 Å². The lowest BCUT2D eigenvalue weighted by Crippen LogP contribution is -2.16. The summed E-state index contributed by atoms with van der Waals surface area (Å²) in [5, 5.41) is 0. The summed E-state index contributed by atoms with van der Waals surface area (Å²) in [5.74, 6) is 1.74. The number of aromatic nitrogens is 2. The van der Waals surface area contributed by atoms with Gasteiger partial charge in [-0.05, 0) is 49.1 Å². The summed E-state index contributed by atoms with van der Waals surface area (Å²) in [6.07, 6.45) is 19.1. The smallest absolute Gasteiger partial charge is 0.159 e. The summed E-state index contributed by atoms with van der Waals surface area (Å²) in [7, 11) is 0. The van der Waals surface area contributed by atoms with E-state index in [9.17, 15) is 0 Å². The first-order valence-electron chi connectivity index (χ1n) is 11.7. The van der Waals surface area contributed by atoms with E-state index >= 15 is 0 Å². The molecule has 3 rings (SSSR count). The van der Waals surface area contributed by atoms with Crippen LogP contribution in [0, 0.1) is 5.92 Å². The second-order valence-corrected chi connectivity index (χ2v) is 8.63. The van der Waals surface area contributed by atoms with Crippen LogP contribution in [0.5, 0.6) is 0 Å². The minimum atomic E-state index is 0.839. The number of nitrogens with zero attached hydrogens (tertiary/aromatic N) is 2. The van der Waals surface area contributed by atoms with E-state index in [-0.39, 0.29) is 0 Å². The first-order chi connectivity index (χ1) is 13.8. The lowest BCUT2D eigenvalue weighted by molar-refractivity contribution is 0.400. The zero-order valence-electron chi connectivity index (χ0n) is 18.1.